The number of nitrogens with zero attached hydrogens (tertiary/aromatic N) is 2. The molecule has 2 N–H and O–H groups in total. The number of benzene rings is 1. The third-order valence-corrected chi connectivity index (χ3v) is 3.61. The lowest BCUT2D eigenvalue weighted by molar-refractivity contribution is 0.0431. The maximum Gasteiger partial charge on any atom is 0.298 e. The summed E-state index contributed by atoms with van der Waals surface area (Å²) in [5.74, 6) is 0. The molecule has 1 saturated heterocycles. The van der Waals surface area contributed by atoms with Crippen molar-refractivity contribution in [3.63, 3.8) is 0 Å². The first-order valence-electron chi connectivity index (χ1n) is 7.29. The van der Waals surface area contributed by atoms with E-state index in [4.69, 9.17) is 14.9 Å². The van der Waals surface area contributed by atoms with Gasteiger partial charge >= 0.3 is 0 Å². The van der Waals surface area contributed by atoms with E-state index in [1.165, 1.54) is 0 Å². The van der Waals surface area contributed by atoms with E-state index >= 15 is 0 Å². The molecular weight excluding hydrogens is 254 g/mol. The molecule has 1 aliphatic heterocycles. The molecule has 1 aliphatic rings. The summed E-state index contributed by atoms with van der Waals surface area (Å²) >= 11 is 0. The van der Waals surface area contributed by atoms with Gasteiger partial charge in [0.05, 0.1) is 6.10 Å². The van der Waals surface area contributed by atoms with Crippen LogP contribution < -0.4 is 10.6 Å². The Labute approximate surface area is 118 Å². The van der Waals surface area contributed by atoms with E-state index in [1.807, 2.05) is 18.2 Å². The van der Waals surface area contributed by atoms with E-state index in [-0.39, 0.29) is 6.10 Å². The molecule has 0 spiro atoms. The number of ether oxygens (including phenoxy) is 1. The largest absolute Gasteiger partial charge is 0.423 e. The molecular formula is C15H21N3O2. The number of rotatable bonds is 4. The minimum Gasteiger partial charge on any atom is -0.423 e. The number of nitrogens with two attached hydrogens (primary N) is 1. The zero-order chi connectivity index (χ0) is 13.9. The number of aromatic nitrogens is 1. The fourth-order valence-corrected chi connectivity index (χ4v) is 2.60. The Morgan fingerprint density at radius 3 is 3.25 bits per heavy atom. The van der Waals surface area contributed by atoms with E-state index < -0.39 is 0 Å². The van der Waals surface area contributed by atoms with Crippen molar-refractivity contribution in [2.75, 3.05) is 30.3 Å². The molecule has 1 aromatic carbocycles. The number of nitrogen functional groups attached to an aromatic ring is 1. The van der Waals surface area contributed by atoms with Crippen molar-refractivity contribution in [1.82, 2.24) is 4.98 Å². The lowest BCUT2D eigenvalue weighted by Crippen LogP contribution is -2.40. The summed E-state index contributed by atoms with van der Waals surface area (Å²) in [6, 6.07) is 6.23. The van der Waals surface area contributed by atoms with E-state index in [0.29, 0.717) is 11.7 Å². The summed E-state index contributed by atoms with van der Waals surface area (Å²) in [5, 5.41) is 0. The molecule has 0 bridgehead atoms. The summed E-state index contributed by atoms with van der Waals surface area (Å²) < 4.78 is 11.7. The first-order chi connectivity index (χ1) is 9.76. The van der Waals surface area contributed by atoms with Crippen LogP contribution in [0.5, 0.6) is 0 Å². The van der Waals surface area contributed by atoms with Crippen LogP contribution in [0.25, 0.3) is 11.1 Å². The quantitative estimate of drug-likeness (QED) is 0.869. The van der Waals surface area contributed by atoms with Gasteiger partial charge in [0, 0.05) is 25.4 Å². The predicted molar refractivity (Wildman–Crippen MR) is 79.9 cm³/mol. The highest BCUT2D eigenvalue weighted by Gasteiger charge is 2.23. The molecule has 2 heterocycles. The highest BCUT2D eigenvalue weighted by molar-refractivity contribution is 5.78. The Kier molecular flexibility index (Phi) is 3.78. The summed E-state index contributed by atoms with van der Waals surface area (Å²) in [4.78, 5) is 6.70. The Morgan fingerprint density at radius 1 is 1.50 bits per heavy atom. The minimum absolute atomic E-state index is 0.281. The third-order valence-electron chi connectivity index (χ3n) is 3.61. The van der Waals surface area contributed by atoms with E-state index in [2.05, 4.69) is 16.8 Å². The number of oxazole rings is 1. The molecule has 108 valence electrons. The summed E-state index contributed by atoms with van der Waals surface area (Å²) in [7, 11) is 0. The fourth-order valence-electron chi connectivity index (χ4n) is 2.60. The minimum atomic E-state index is 0.281. The highest BCUT2D eigenvalue weighted by atomic mass is 16.5. The van der Waals surface area contributed by atoms with Gasteiger partial charge < -0.3 is 19.8 Å². The highest BCUT2D eigenvalue weighted by Crippen LogP contribution is 2.26. The molecule has 3 rings (SSSR count). The van der Waals surface area contributed by atoms with Crippen molar-refractivity contribution in [3.05, 3.63) is 18.2 Å². The van der Waals surface area contributed by atoms with Crippen molar-refractivity contribution in [2.45, 2.75) is 32.3 Å². The average molecular weight is 275 g/mol. The normalized spacial score (nSPS) is 19.6. The summed E-state index contributed by atoms with van der Waals surface area (Å²) in [5.41, 5.74) is 8.08. The van der Waals surface area contributed by atoms with Gasteiger partial charge in [0.25, 0.3) is 6.01 Å². The maximum absolute atomic E-state index is 5.85. The monoisotopic (exact) mass is 275 g/mol. The second kappa shape index (κ2) is 5.71. The predicted octanol–water partition coefficient (Wildman–Crippen LogP) is 2.81. The van der Waals surface area contributed by atoms with E-state index in [9.17, 15) is 0 Å². The number of piperidine rings is 1. The Hall–Kier alpha value is -1.75. The summed E-state index contributed by atoms with van der Waals surface area (Å²) in [6.07, 6.45) is 3.56. The number of fused-ring (bicyclic) bond motifs is 1. The zero-order valence-corrected chi connectivity index (χ0v) is 11.8. The van der Waals surface area contributed by atoms with Gasteiger partial charge in [-0.3, -0.25) is 0 Å². The Balaban J connectivity index is 1.76. The van der Waals surface area contributed by atoms with Crippen LogP contribution in [0.3, 0.4) is 0 Å². The van der Waals surface area contributed by atoms with Crippen LogP contribution in [0, 0.1) is 0 Å². The molecule has 5 nitrogen and oxygen atoms in total. The van der Waals surface area contributed by atoms with Crippen molar-refractivity contribution in [2.24, 2.45) is 0 Å². The first-order valence-corrected chi connectivity index (χ1v) is 7.29. The summed E-state index contributed by atoms with van der Waals surface area (Å²) in [6.45, 7) is 4.77. The van der Waals surface area contributed by atoms with Crippen molar-refractivity contribution < 1.29 is 9.15 Å². The van der Waals surface area contributed by atoms with Crippen LogP contribution in [-0.2, 0) is 4.74 Å². The van der Waals surface area contributed by atoms with Gasteiger partial charge in [0.15, 0.2) is 5.58 Å². The van der Waals surface area contributed by atoms with Gasteiger partial charge in [-0.25, -0.2) is 0 Å². The standard InChI is InChI=1S/C15H21N3O2/c1-2-8-19-12-4-3-7-18(10-12)15-17-13-9-11(16)5-6-14(13)20-15/h5-6,9,12H,2-4,7-8,10,16H2,1H3. The SMILES string of the molecule is CCCOC1CCCN(c2nc3cc(N)ccc3o2)C1. The molecule has 20 heavy (non-hydrogen) atoms. The van der Waals surface area contributed by atoms with Gasteiger partial charge in [0.2, 0.25) is 0 Å². The molecule has 1 unspecified atom stereocenters. The van der Waals surface area contributed by atoms with Crippen LogP contribution >= 0.6 is 0 Å². The second-order valence-electron chi connectivity index (χ2n) is 5.30. The van der Waals surface area contributed by atoms with Gasteiger partial charge in [-0.05, 0) is 37.5 Å². The van der Waals surface area contributed by atoms with Crippen LogP contribution in [0.1, 0.15) is 26.2 Å². The maximum atomic E-state index is 5.85. The van der Waals surface area contributed by atoms with Gasteiger partial charge in [-0.15, -0.1) is 0 Å². The number of hydrogen-bond acceptors (Lipinski definition) is 5. The molecule has 0 radical (unpaired) electrons. The van der Waals surface area contributed by atoms with Crippen LogP contribution in [0.15, 0.2) is 22.6 Å². The fraction of sp³-hybridized carbons (Fsp3) is 0.533. The molecule has 2 aromatic rings. The van der Waals surface area contributed by atoms with E-state index in [0.717, 1.165) is 50.1 Å². The molecule has 0 amide bonds. The first kappa shape index (κ1) is 13.2. The Morgan fingerprint density at radius 2 is 2.40 bits per heavy atom. The van der Waals surface area contributed by atoms with Crippen molar-refractivity contribution in [1.29, 1.82) is 0 Å². The van der Waals surface area contributed by atoms with Crippen molar-refractivity contribution >= 4 is 22.8 Å². The van der Waals surface area contributed by atoms with Gasteiger partial charge in [-0.2, -0.15) is 4.98 Å². The molecule has 0 saturated carbocycles. The van der Waals surface area contributed by atoms with Crippen LogP contribution in [0.2, 0.25) is 0 Å². The zero-order valence-electron chi connectivity index (χ0n) is 11.8. The van der Waals surface area contributed by atoms with E-state index in [1.54, 1.807) is 0 Å². The smallest absolute Gasteiger partial charge is 0.298 e. The van der Waals surface area contributed by atoms with Crippen LogP contribution in [0.4, 0.5) is 11.7 Å². The second-order valence-corrected chi connectivity index (χ2v) is 5.30. The Bertz CT molecular complexity index is 582. The van der Waals surface area contributed by atoms with Crippen molar-refractivity contribution in [3.8, 4) is 0 Å². The topological polar surface area (TPSA) is 64.5 Å². The molecule has 1 aromatic heterocycles. The third kappa shape index (κ3) is 2.72. The van der Waals surface area contributed by atoms with Gasteiger partial charge in [0.1, 0.15) is 5.52 Å². The van der Waals surface area contributed by atoms with Crippen LogP contribution in [-0.4, -0.2) is 30.8 Å². The molecule has 1 atom stereocenters. The lowest BCUT2D eigenvalue weighted by Gasteiger charge is -2.31. The molecule has 0 aliphatic carbocycles. The average Bonchev–Trinajstić information content (AvgIpc) is 2.88. The lowest BCUT2D eigenvalue weighted by atomic mass is 10.1. The number of hydrogen-bond donors (Lipinski definition) is 1. The van der Waals surface area contributed by atoms with Gasteiger partial charge in [-0.1, -0.05) is 6.92 Å². The molecule has 5 heteroatoms. The molecule has 1 fully saturated rings. The number of anilines is 2.